The van der Waals surface area contributed by atoms with Crippen molar-refractivity contribution in [2.24, 2.45) is 10.8 Å². The van der Waals surface area contributed by atoms with E-state index in [1.54, 1.807) is 0 Å². The standard InChI is InChI=1S/C14H25N.H2/c1-13(2,3)8-11-7-12(15-10-11)9-14(4,5)6;/h7,10,15H,8-9H2,1-6H3;1H. The van der Waals surface area contributed by atoms with Gasteiger partial charge in [0.05, 0.1) is 0 Å². The Balaban J connectivity index is 0.00000225. The highest BCUT2D eigenvalue weighted by atomic mass is 14.7. The summed E-state index contributed by atoms with van der Waals surface area (Å²) in [6, 6.07) is 2.32. The third-order valence-corrected chi connectivity index (χ3v) is 2.26. The second kappa shape index (κ2) is 4.03. The Morgan fingerprint density at radius 2 is 1.53 bits per heavy atom. The predicted octanol–water partition coefficient (Wildman–Crippen LogP) is 4.44. The summed E-state index contributed by atoms with van der Waals surface area (Å²) in [6.45, 7) is 13.7. The smallest absolute Gasteiger partial charge is 0.0155 e. The van der Waals surface area contributed by atoms with E-state index in [0.717, 1.165) is 12.8 Å². The molecule has 0 aliphatic carbocycles. The summed E-state index contributed by atoms with van der Waals surface area (Å²) < 4.78 is 0. The van der Waals surface area contributed by atoms with Crippen LogP contribution in [0.4, 0.5) is 0 Å². The Morgan fingerprint density at radius 1 is 1.00 bits per heavy atom. The lowest BCUT2D eigenvalue weighted by Gasteiger charge is -2.17. The minimum absolute atomic E-state index is 0. The van der Waals surface area contributed by atoms with E-state index in [0.29, 0.717) is 10.8 Å². The minimum Gasteiger partial charge on any atom is -0.365 e. The van der Waals surface area contributed by atoms with Gasteiger partial charge in [0.1, 0.15) is 0 Å². The number of H-pyrrole nitrogens is 1. The quantitative estimate of drug-likeness (QED) is 0.741. The van der Waals surface area contributed by atoms with Gasteiger partial charge >= 0.3 is 0 Å². The molecule has 0 aliphatic rings. The van der Waals surface area contributed by atoms with Crippen LogP contribution < -0.4 is 0 Å². The van der Waals surface area contributed by atoms with E-state index in [2.05, 4.69) is 58.8 Å². The molecule has 0 radical (unpaired) electrons. The Kier molecular flexibility index (Phi) is 3.32. The van der Waals surface area contributed by atoms with E-state index in [4.69, 9.17) is 0 Å². The maximum Gasteiger partial charge on any atom is 0.0155 e. The van der Waals surface area contributed by atoms with Gasteiger partial charge in [0.2, 0.25) is 0 Å². The monoisotopic (exact) mass is 209 g/mol. The number of hydrogen-bond donors (Lipinski definition) is 1. The molecule has 0 bridgehead atoms. The first-order valence-electron chi connectivity index (χ1n) is 5.82. The summed E-state index contributed by atoms with van der Waals surface area (Å²) in [4.78, 5) is 3.38. The number of hydrogen-bond acceptors (Lipinski definition) is 0. The highest BCUT2D eigenvalue weighted by Gasteiger charge is 2.15. The van der Waals surface area contributed by atoms with E-state index in [1.165, 1.54) is 11.3 Å². The van der Waals surface area contributed by atoms with Gasteiger partial charge in [0, 0.05) is 13.3 Å². The van der Waals surface area contributed by atoms with Gasteiger partial charge in [-0.3, -0.25) is 0 Å². The first-order valence-corrected chi connectivity index (χ1v) is 5.82. The maximum absolute atomic E-state index is 3.38. The van der Waals surface area contributed by atoms with Gasteiger partial charge in [0.25, 0.3) is 0 Å². The van der Waals surface area contributed by atoms with Crippen LogP contribution in [0.25, 0.3) is 0 Å². The van der Waals surface area contributed by atoms with Gasteiger partial charge in [-0.25, -0.2) is 0 Å². The van der Waals surface area contributed by atoms with Crippen LogP contribution in [0, 0.1) is 10.8 Å². The van der Waals surface area contributed by atoms with Gasteiger partial charge in [-0.15, -0.1) is 0 Å². The van der Waals surface area contributed by atoms with Crippen LogP contribution in [-0.4, -0.2) is 4.98 Å². The fourth-order valence-electron chi connectivity index (χ4n) is 1.88. The maximum atomic E-state index is 3.38. The van der Waals surface area contributed by atoms with Crippen molar-refractivity contribution >= 4 is 0 Å². The number of rotatable bonds is 2. The zero-order valence-electron chi connectivity index (χ0n) is 11.1. The summed E-state index contributed by atoms with van der Waals surface area (Å²) >= 11 is 0. The molecule has 0 aromatic carbocycles. The third kappa shape index (κ3) is 5.06. The molecule has 0 unspecified atom stereocenters. The summed E-state index contributed by atoms with van der Waals surface area (Å²) in [5.41, 5.74) is 3.54. The van der Waals surface area contributed by atoms with Crippen molar-refractivity contribution < 1.29 is 1.43 Å². The van der Waals surface area contributed by atoms with E-state index in [-0.39, 0.29) is 1.43 Å². The Hall–Kier alpha value is -0.720. The normalized spacial score (nSPS) is 13.2. The molecule has 0 atom stereocenters. The highest BCUT2D eigenvalue weighted by molar-refractivity contribution is 5.18. The predicted molar refractivity (Wildman–Crippen MR) is 69.2 cm³/mol. The second-order valence-electron chi connectivity index (χ2n) is 7.01. The topological polar surface area (TPSA) is 15.8 Å². The Bertz CT molecular complexity index is 282. The Morgan fingerprint density at radius 3 is 2.00 bits per heavy atom. The molecule has 88 valence electrons. The second-order valence-corrected chi connectivity index (χ2v) is 7.01. The molecule has 1 heterocycles. The molecule has 0 fully saturated rings. The summed E-state index contributed by atoms with van der Waals surface area (Å²) in [5, 5.41) is 0. The van der Waals surface area contributed by atoms with Crippen molar-refractivity contribution in [3.8, 4) is 0 Å². The molecule has 0 saturated carbocycles. The molecule has 1 rings (SSSR count). The molecule has 1 N–H and O–H groups in total. The third-order valence-electron chi connectivity index (χ3n) is 2.26. The number of aromatic amines is 1. The molecule has 0 amide bonds. The van der Waals surface area contributed by atoms with Crippen molar-refractivity contribution in [2.45, 2.75) is 54.4 Å². The first-order chi connectivity index (χ1) is 6.66. The van der Waals surface area contributed by atoms with Crippen molar-refractivity contribution in [1.82, 2.24) is 4.98 Å². The summed E-state index contributed by atoms with van der Waals surface area (Å²) in [7, 11) is 0. The van der Waals surface area contributed by atoms with Crippen molar-refractivity contribution in [3.05, 3.63) is 23.5 Å². The number of aromatic nitrogens is 1. The molecule has 1 nitrogen and oxygen atoms in total. The fourth-order valence-corrected chi connectivity index (χ4v) is 1.88. The average Bonchev–Trinajstić information content (AvgIpc) is 2.28. The molecular weight excluding hydrogens is 182 g/mol. The van der Waals surface area contributed by atoms with Crippen LogP contribution in [-0.2, 0) is 12.8 Å². The summed E-state index contributed by atoms with van der Waals surface area (Å²) in [5.74, 6) is 0. The van der Waals surface area contributed by atoms with Gasteiger partial charge in [0.15, 0.2) is 0 Å². The van der Waals surface area contributed by atoms with E-state index in [1.807, 2.05) is 0 Å². The van der Waals surface area contributed by atoms with Crippen molar-refractivity contribution in [2.75, 3.05) is 0 Å². The van der Waals surface area contributed by atoms with Gasteiger partial charge in [-0.05, 0) is 35.3 Å². The van der Waals surface area contributed by atoms with Crippen LogP contribution in [0.3, 0.4) is 0 Å². The van der Waals surface area contributed by atoms with Crippen LogP contribution in [0.5, 0.6) is 0 Å². The average molecular weight is 209 g/mol. The first kappa shape index (κ1) is 12.4. The van der Waals surface area contributed by atoms with Crippen LogP contribution >= 0.6 is 0 Å². The highest BCUT2D eigenvalue weighted by Crippen LogP contribution is 2.24. The van der Waals surface area contributed by atoms with Crippen molar-refractivity contribution in [3.63, 3.8) is 0 Å². The molecule has 0 saturated heterocycles. The largest absolute Gasteiger partial charge is 0.365 e. The zero-order chi connectivity index (χ0) is 11.7. The van der Waals surface area contributed by atoms with Gasteiger partial charge in [-0.2, -0.15) is 0 Å². The number of nitrogens with one attached hydrogen (secondary N) is 1. The van der Waals surface area contributed by atoms with E-state index < -0.39 is 0 Å². The van der Waals surface area contributed by atoms with Crippen LogP contribution in [0.2, 0.25) is 0 Å². The summed E-state index contributed by atoms with van der Waals surface area (Å²) in [6.07, 6.45) is 4.43. The zero-order valence-corrected chi connectivity index (χ0v) is 11.1. The molecular formula is C14H27N. The van der Waals surface area contributed by atoms with Crippen LogP contribution in [0.15, 0.2) is 12.3 Å². The lowest BCUT2D eigenvalue weighted by Crippen LogP contribution is -2.09. The minimum atomic E-state index is 0. The Labute approximate surface area is 95.8 Å². The van der Waals surface area contributed by atoms with Gasteiger partial charge < -0.3 is 4.98 Å². The lowest BCUT2D eigenvalue weighted by atomic mass is 9.88. The molecule has 15 heavy (non-hydrogen) atoms. The van der Waals surface area contributed by atoms with E-state index >= 15 is 0 Å². The van der Waals surface area contributed by atoms with E-state index in [9.17, 15) is 0 Å². The van der Waals surface area contributed by atoms with Crippen LogP contribution in [0.1, 0.15) is 54.2 Å². The van der Waals surface area contributed by atoms with Crippen molar-refractivity contribution in [1.29, 1.82) is 0 Å². The molecule has 1 aromatic heterocycles. The lowest BCUT2D eigenvalue weighted by molar-refractivity contribution is 0.406. The molecule has 1 aromatic rings. The molecule has 1 heteroatoms. The fraction of sp³-hybridized carbons (Fsp3) is 0.714. The SMILES string of the molecule is CC(C)(C)Cc1c[nH]c(CC(C)(C)C)c1.[HH]. The molecule has 0 spiro atoms. The molecule has 0 aliphatic heterocycles. The van der Waals surface area contributed by atoms with Gasteiger partial charge in [-0.1, -0.05) is 41.5 Å².